The molecule has 0 bridgehead atoms. The number of hydrogen-bond donors (Lipinski definition) is 1. The van der Waals surface area contributed by atoms with E-state index in [1.165, 1.54) is 12.1 Å². The van der Waals surface area contributed by atoms with E-state index in [0.717, 1.165) is 16.3 Å². The number of halogens is 3. The molecule has 4 aromatic carbocycles. The van der Waals surface area contributed by atoms with Gasteiger partial charge in [0.25, 0.3) is 5.91 Å². The standard InChI is InChI=1S/C28H23Cl2FN2O3/c1-2-25(36-27-14-10-20(29)15-24(27)30)28(34)33-32-16-23-22-6-4-3-5-19(22)9-13-26(23)35-17-18-7-11-21(31)12-8-18/h3-16,25H,2,17H2,1H3,(H,33,34)/b32-16-/t25-/m1/s1. The molecule has 0 aliphatic carbocycles. The number of hydrazone groups is 1. The summed E-state index contributed by atoms with van der Waals surface area (Å²) in [6, 6.07) is 22.5. The van der Waals surface area contributed by atoms with Gasteiger partial charge in [0.15, 0.2) is 6.10 Å². The molecule has 0 saturated carbocycles. The van der Waals surface area contributed by atoms with Crippen LogP contribution < -0.4 is 14.9 Å². The van der Waals surface area contributed by atoms with Gasteiger partial charge in [-0.25, -0.2) is 9.82 Å². The summed E-state index contributed by atoms with van der Waals surface area (Å²) in [5.41, 5.74) is 4.07. The Morgan fingerprint density at radius 3 is 2.53 bits per heavy atom. The van der Waals surface area contributed by atoms with E-state index in [9.17, 15) is 9.18 Å². The number of amides is 1. The highest BCUT2D eigenvalue weighted by atomic mass is 35.5. The summed E-state index contributed by atoms with van der Waals surface area (Å²) in [4.78, 5) is 12.8. The topological polar surface area (TPSA) is 59.9 Å². The number of carbonyl (C=O) groups excluding carboxylic acids is 1. The van der Waals surface area contributed by atoms with Crippen LogP contribution in [0.1, 0.15) is 24.5 Å². The Bertz CT molecular complexity index is 1390. The normalized spacial score (nSPS) is 12.0. The molecule has 0 aliphatic heterocycles. The van der Waals surface area contributed by atoms with Gasteiger partial charge in [0.2, 0.25) is 0 Å². The number of rotatable bonds is 9. The summed E-state index contributed by atoms with van der Waals surface area (Å²) >= 11 is 12.1. The first kappa shape index (κ1) is 25.5. The van der Waals surface area contributed by atoms with E-state index in [2.05, 4.69) is 10.5 Å². The third-order valence-corrected chi connectivity index (χ3v) is 5.96. The Morgan fingerprint density at radius 1 is 1.03 bits per heavy atom. The maximum atomic E-state index is 13.2. The van der Waals surface area contributed by atoms with Crippen LogP contribution in [0.4, 0.5) is 4.39 Å². The molecule has 0 aromatic heterocycles. The first-order valence-corrected chi connectivity index (χ1v) is 12.0. The van der Waals surface area contributed by atoms with Gasteiger partial charge in [0.05, 0.1) is 11.2 Å². The molecule has 5 nitrogen and oxygen atoms in total. The molecule has 1 N–H and O–H groups in total. The maximum Gasteiger partial charge on any atom is 0.281 e. The number of nitrogens with one attached hydrogen (secondary N) is 1. The van der Waals surface area contributed by atoms with Crippen LogP contribution in [0, 0.1) is 5.82 Å². The van der Waals surface area contributed by atoms with Gasteiger partial charge >= 0.3 is 0 Å². The van der Waals surface area contributed by atoms with Crippen LogP contribution in [0.3, 0.4) is 0 Å². The predicted octanol–water partition coefficient (Wildman–Crippen LogP) is 7.17. The van der Waals surface area contributed by atoms with Crippen molar-refractivity contribution in [3.05, 3.63) is 106 Å². The van der Waals surface area contributed by atoms with Gasteiger partial charge < -0.3 is 9.47 Å². The maximum absolute atomic E-state index is 13.2. The van der Waals surface area contributed by atoms with E-state index in [-0.39, 0.29) is 12.4 Å². The van der Waals surface area contributed by atoms with Crippen molar-refractivity contribution in [3.8, 4) is 11.5 Å². The number of ether oxygens (including phenoxy) is 2. The van der Waals surface area contributed by atoms with Gasteiger partial charge in [-0.15, -0.1) is 0 Å². The Kier molecular flexibility index (Phi) is 8.41. The van der Waals surface area contributed by atoms with Crippen LogP contribution in [-0.2, 0) is 11.4 Å². The summed E-state index contributed by atoms with van der Waals surface area (Å²) in [5.74, 6) is 0.208. The van der Waals surface area contributed by atoms with E-state index >= 15 is 0 Å². The van der Waals surface area contributed by atoms with Crippen molar-refractivity contribution in [2.24, 2.45) is 5.10 Å². The number of carbonyl (C=O) groups is 1. The fourth-order valence-electron chi connectivity index (χ4n) is 3.56. The Hall–Kier alpha value is -3.61. The smallest absolute Gasteiger partial charge is 0.281 e. The highest BCUT2D eigenvalue weighted by Crippen LogP contribution is 2.29. The second-order valence-corrected chi connectivity index (χ2v) is 8.78. The highest BCUT2D eigenvalue weighted by Gasteiger charge is 2.19. The summed E-state index contributed by atoms with van der Waals surface area (Å²) in [6.45, 7) is 2.07. The second-order valence-electron chi connectivity index (χ2n) is 7.94. The van der Waals surface area contributed by atoms with Crippen LogP contribution in [0.25, 0.3) is 10.8 Å². The van der Waals surface area contributed by atoms with E-state index in [1.807, 2.05) is 43.3 Å². The summed E-state index contributed by atoms with van der Waals surface area (Å²) in [7, 11) is 0. The van der Waals surface area contributed by atoms with Crippen LogP contribution in [0.5, 0.6) is 11.5 Å². The quantitative estimate of drug-likeness (QED) is 0.186. The Morgan fingerprint density at radius 2 is 1.78 bits per heavy atom. The molecule has 0 radical (unpaired) electrons. The fraction of sp³-hybridized carbons (Fsp3) is 0.143. The van der Waals surface area contributed by atoms with E-state index < -0.39 is 12.0 Å². The van der Waals surface area contributed by atoms with Crippen molar-refractivity contribution >= 4 is 46.1 Å². The average molecular weight is 525 g/mol. The SMILES string of the molecule is CC[C@@H](Oc1ccc(Cl)cc1Cl)C(=O)N/N=C\c1c(OCc2ccc(F)cc2)ccc2ccccc12. The van der Waals surface area contributed by atoms with Crippen LogP contribution in [0.2, 0.25) is 10.0 Å². The molecule has 0 spiro atoms. The third-order valence-electron chi connectivity index (χ3n) is 5.43. The lowest BCUT2D eigenvalue weighted by atomic mass is 10.0. The number of hydrogen-bond acceptors (Lipinski definition) is 4. The molecular formula is C28H23Cl2FN2O3. The summed E-state index contributed by atoms with van der Waals surface area (Å²) < 4.78 is 25.0. The van der Waals surface area contributed by atoms with Gasteiger partial charge in [0.1, 0.15) is 23.9 Å². The van der Waals surface area contributed by atoms with Crippen molar-refractivity contribution in [2.75, 3.05) is 0 Å². The fourth-order valence-corrected chi connectivity index (χ4v) is 4.01. The average Bonchev–Trinajstić information content (AvgIpc) is 2.88. The zero-order chi connectivity index (χ0) is 25.5. The third kappa shape index (κ3) is 6.33. The summed E-state index contributed by atoms with van der Waals surface area (Å²) in [5, 5.41) is 6.87. The van der Waals surface area contributed by atoms with Crippen LogP contribution in [-0.4, -0.2) is 18.2 Å². The van der Waals surface area contributed by atoms with E-state index in [1.54, 1.807) is 36.5 Å². The molecule has 0 fully saturated rings. The molecule has 0 unspecified atom stereocenters. The number of fused-ring (bicyclic) bond motifs is 1. The molecule has 0 aliphatic rings. The molecule has 0 heterocycles. The minimum atomic E-state index is -0.803. The lowest BCUT2D eigenvalue weighted by molar-refractivity contribution is -0.128. The van der Waals surface area contributed by atoms with Crippen molar-refractivity contribution in [2.45, 2.75) is 26.1 Å². The molecular weight excluding hydrogens is 502 g/mol. The second kappa shape index (κ2) is 11.9. The molecule has 1 amide bonds. The number of benzene rings is 4. The van der Waals surface area contributed by atoms with Gasteiger partial charge in [-0.2, -0.15) is 5.10 Å². The van der Waals surface area contributed by atoms with Crippen molar-refractivity contribution in [1.29, 1.82) is 0 Å². The van der Waals surface area contributed by atoms with E-state index in [0.29, 0.717) is 33.5 Å². The predicted molar refractivity (Wildman–Crippen MR) is 142 cm³/mol. The zero-order valence-corrected chi connectivity index (χ0v) is 20.9. The first-order chi connectivity index (χ1) is 17.4. The first-order valence-electron chi connectivity index (χ1n) is 11.3. The molecule has 184 valence electrons. The van der Waals surface area contributed by atoms with Crippen LogP contribution in [0.15, 0.2) is 84.0 Å². The number of nitrogens with zero attached hydrogens (tertiary/aromatic N) is 1. The van der Waals surface area contributed by atoms with Gasteiger partial charge in [-0.05, 0) is 59.2 Å². The van der Waals surface area contributed by atoms with Crippen molar-refractivity contribution < 1.29 is 18.7 Å². The zero-order valence-electron chi connectivity index (χ0n) is 19.4. The molecule has 4 rings (SSSR count). The van der Waals surface area contributed by atoms with Gasteiger partial charge in [-0.3, -0.25) is 4.79 Å². The van der Waals surface area contributed by atoms with Crippen LogP contribution >= 0.6 is 23.2 Å². The molecule has 8 heteroatoms. The lowest BCUT2D eigenvalue weighted by Gasteiger charge is -2.17. The molecule has 36 heavy (non-hydrogen) atoms. The Balaban J connectivity index is 1.51. The van der Waals surface area contributed by atoms with Gasteiger partial charge in [0, 0.05) is 10.6 Å². The minimum absolute atomic E-state index is 0.249. The molecule has 4 aromatic rings. The summed E-state index contributed by atoms with van der Waals surface area (Å²) in [6.07, 6.45) is 1.14. The lowest BCUT2D eigenvalue weighted by Crippen LogP contribution is -2.35. The van der Waals surface area contributed by atoms with Crippen molar-refractivity contribution in [3.63, 3.8) is 0 Å². The molecule has 1 atom stereocenters. The van der Waals surface area contributed by atoms with E-state index in [4.69, 9.17) is 32.7 Å². The molecule has 0 saturated heterocycles. The Labute approximate surface area is 218 Å². The van der Waals surface area contributed by atoms with Gasteiger partial charge in [-0.1, -0.05) is 72.6 Å². The largest absolute Gasteiger partial charge is 0.488 e. The minimum Gasteiger partial charge on any atom is -0.488 e. The highest BCUT2D eigenvalue weighted by molar-refractivity contribution is 6.35. The van der Waals surface area contributed by atoms with Crippen molar-refractivity contribution in [1.82, 2.24) is 5.43 Å². The monoisotopic (exact) mass is 524 g/mol.